The first-order valence-corrected chi connectivity index (χ1v) is 5.88. The Balaban J connectivity index is 2.10. The molecule has 0 aromatic carbocycles. The molecule has 1 aliphatic rings. The first-order chi connectivity index (χ1) is 6.68. The molecule has 1 aromatic rings. The number of anilines is 1. The minimum Gasteiger partial charge on any atom is -0.365 e. The Morgan fingerprint density at radius 3 is 2.71 bits per heavy atom. The predicted octanol–water partition coefficient (Wildman–Crippen LogP) is 3.59. The quantitative estimate of drug-likeness (QED) is 0.817. The molecule has 1 saturated carbocycles. The number of nitrogens with one attached hydrogen (secondary N) is 1. The van der Waals surface area contributed by atoms with Crippen molar-refractivity contribution < 1.29 is 0 Å². The highest BCUT2D eigenvalue weighted by molar-refractivity contribution is 9.10. The molecule has 1 N–H and O–H groups in total. The molecule has 1 aliphatic carbocycles. The lowest BCUT2D eigenvalue weighted by atomic mass is 10.0. The van der Waals surface area contributed by atoms with E-state index in [0.29, 0.717) is 0 Å². The topological polar surface area (TPSA) is 24.9 Å². The highest BCUT2D eigenvalue weighted by Gasteiger charge is 2.28. The van der Waals surface area contributed by atoms with Gasteiger partial charge in [-0.3, -0.25) is 0 Å². The van der Waals surface area contributed by atoms with Gasteiger partial charge in [0, 0.05) is 5.54 Å². The number of rotatable bonds is 2. The largest absolute Gasteiger partial charge is 0.365 e. The van der Waals surface area contributed by atoms with Crippen LogP contribution in [0, 0.1) is 0 Å². The van der Waals surface area contributed by atoms with Crippen molar-refractivity contribution in [1.29, 1.82) is 0 Å². The van der Waals surface area contributed by atoms with Crippen LogP contribution in [0.4, 0.5) is 5.82 Å². The van der Waals surface area contributed by atoms with Crippen molar-refractivity contribution in [3.05, 3.63) is 22.8 Å². The Morgan fingerprint density at radius 1 is 1.36 bits per heavy atom. The lowest BCUT2D eigenvalue weighted by Crippen LogP contribution is -2.31. The van der Waals surface area contributed by atoms with Crippen LogP contribution >= 0.6 is 15.9 Å². The summed E-state index contributed by atoms with van der Waals surface area (Å²) < 4.78 is 0.893. The highest BCUT2D eigenvalue weighted by Crippen LogP contribution is 2.32. The third kappa shape index (κ3) is 2.27. The molecule has 0 spiro atoms. The van der Waals surface area contributed by atoms with Crippen molar-refractivity contribution >= 4 is 21.7 Å². The van der Waals surface area contributed by atoms with Crippen molar-refractivity contribution in [3.63, 3.8) is 0 Å². The average Bonchev–Trinajstić information content (AvgIpc) is 2.51. The third-order valence-electron chi connectivity index (χ3n) is 2.85. The highest BCUT2D eigenvalue weighted by atomic mass is 79.9. The molecule has 1 aromatic heterocycles. The number of pyridine rings is 1. The van der Waals surface area contributed by atoms with Gasteiger partial charge in [-0.15, -0.1) is 0 Å². The van der Waals surface area contributed by atoms with Crippen molar-refractivity contribution in [2.24, 2.45) is 0 Å². The van der Waals surface area contributed by atoms with Gasteiger partial charge < -0.3 is 5.32 Å². The fourth-order valence-corrected chi connectivity index (χ4v) is 2.41. The first kappa shape index (κ1) is 9.97. The van der Waals surface area contributed by atoms with E-state index in [-0.39, 0.29) is 5.54 Å². The maximum Gasteiger partial charge on any atom is 0.127 e. The van der Waals surface area contributed by atoms with Gasteiger partial charge in [0.15, 0.2) is 0 Å². The number of hydrogen-bond donors (Lipinski definition) is 1. The van der Waals surface area contributed by atoms with Gasteiger partial charge in [-0.05, 0) is 47.8 Å². The van der Waals surface area contributed by atoms with Crippen LogP contribution < -0.4 is 5.32 Å². The smallest absolute Gasteiger partial charge is 0.127 e. The molecule has 0 atom stereocenters. The van der Waals surface area contributed by atoms with Crippen LogP contribution in [-0.2, 0) is 0 Å². The number of halogens is 1. The summed E-state index contributed by atoms with van der Waals surface area (Å²) in [6.45, 7) is 2.28. The van der Waals surface area contributed by atoms with E-state index >= 15 is 0 Å². The van der Waals surface area contributed by atoms with Gasteiger partial charge in [-0.2, -0.15) is 0 Å². The number of aromatic nitrogens is 1. The summed E-state index contributed by atoms with van der Waals surface area (Å²) in [5.74, 6) is 0.976. The Kier molecular flexibility index (Phi) is 2.77. The van der Waals surface area contributed by atoms with Crippen molar-refractivity contribution in [1.82, 2.24) is 4.98 Å². The van der Waals surface area contributed by atoms with Crippen LogP contribution in [0.25, 0.3) is 0 Å². The summed E-state index contributed by atoms with van der Waals surface area (Å²) in [7, 11) is 0. The van der Waals surface area contributed by atoms with Crippen molar-refractivity contribution in [2.75, 3.05) is 5.32 Å². The fourth-order valence-electron chi connectivity index (χ4n) is 2.07. The van der Waals surface area contributed by atoms with Crippen LogP contribution in [0.2, 0.25) is 0 Å². The van der Waals surface area contributed by atoms with Gasteiger partial charge in [0.25, 0.3) is 0 Å². The number of hydrogen-bond acceptors (Lipinski definition) is 2. The molecule has 1 heterocycles. The second kappa shape index (κ2) is 3.89. The standard InChI is InChI=1S/C11H15BrN2/c1-11(7-2-3-8-11)14-10-6-4-5-9(12)13-10/h4-6H,2-3,7-8H2,1H3,(H,13,14). The van der Waals surface area contributed by atoms with Crippen LogP contribution in [-0.4, -0.2) is 10.5 Å². The molecule has 0 saturated heterocycles. The fraction of sp³-hybridized carbons (Fsp3) is 0.545. The van der Waals surface area contributed by atoms with Crippen LogP contribution in [0.15, 0.2) is 22.8 Å². The predicted molar refractivity (Wildman–Crippen MR) is 62.4 cm³/mol. The van der Waals surface area contributed by atoms with Crippen LogP contribution in [0.3, 0.4) is 0 Å². The summed E-state index contributed by atoms with van der Waals surface area (Å²) in [5.41, 5.74) is 0.258. The van der Waals surface area contributed by atoms with Crippen molar-refractivity contribution in [3.8, 4) is 0 Å². The third-order valence-corrected chi connectivity index (χ3v) is 3.29. The molecule has 0 radical (unpaired) electrons. The van der Waals surface area contributed by atoms with Gasteiger partial charge in [0.05, 0.1) is 0 Å². The Hall–Kier alpha value is -0.570. The summed E-state index contributed by atoms with van der Waals surface area (Å²) in [6.07, 6.45) is 5.16. The van der Waals surface area contributed by atoms with E-state index in [4.69, 9.17) is 0 Å². The monoisotopic (exact) mass is 254 g/mol. The second-order valence-electron chi connectivity index (χ2n) is 4.24. The van der Waals surface area contributed by atoms with Crippen molar-refractivity contribution in [2.45, 2.75) is 38.1 Å². The van der Waals surface area contributed by atoms with Gasteiger partial charge >= 0.3 is 0 Å². The summed E-state index contributed by atoms with van der Waals surface area (Å²) in [5, 5.41) is 3.52. The van der Waals surface area contributed by atoms with Gasteiger partial charge in [0.1, 0.15) is 10.4 Å². The summed E-state index contributed by atoms with van der Waals surface area (Å²) >= 11 is 3.38. The molecule has 0 bridgehead atoms. The minimum absolute atomic E-state index is 0.258. The van der Waals surface area contributed by atoms with Gasteiger partial charge in [-0.25, -0.2) is 4.98 Å². The lowest BCUT2D eigenvalue weighted by Gasteiger charge is -2.25. The lowest BCUT2D eigenvalue weighted by molar-refractivity contribution is 0.531. The maximum absolute atomic E-state index is 4.39. The summed E-state index contributed by atoms with van der Waals surface area (Å²) in [6, 6.07) is 5.98. The van der Waals surface area contributed by atoms with E-state index in [2.05, 4.69) is 33.2 Å². The normalized spacial score (nSPS) is 19.6. The zero-order chi connectivity index (χ0) is 10.0. The maximum atomic E-state index is 4.39. The molecular formula is C11H15BrN2. The molecule has 1 fully saturated rings. The first-order valence-electron chi connectivity index (χ1n) is 5.09. The van der Waals surface area contributed by atoms with Crippen LogP contribution in [0.5, 0.6) is 0 Å². The molecule has 3 heteroatoms. The number of nitrogens with zero attached hydrogens (tertiary/aromatic N) is 1. The molecule has 2 nitrogen and oxygen atoms in total. The molecule has 14 heavy (non-hydrogen) atoms. The van der Waals surface area contributed by atoms with E-state index in [1.807, 2.05) is 18.2 Å². The minimum atomic E-state index is 0.258. The average molecular weight is 255 g/mol. The second-order valence-corrected chi connectivity index (χ2v) is 5.05. The SMILES string of the molecule is CC1(Nc2cccc(Br)n2)CCCC1. The van der Waals surface area contributed by atoms with E-state index in [1.165, 1.54) is 25.7 Å². The molecule has 2 rings (SSSR count). The van der Waals surface area contributed by atoms with E-state index in [1.54, 1.807) is 0 Å². The molecule has 0 aliphatic heterocycles. The molecule has 76 valence electrons. The summed E-state index contributed by atoms with van der Waals surface area (Å²) in [4.78, 5) is 4.39. The van der Waals surface area contributed by atoms with Crippen LogP contribution in [0.1, 0.15) is 32.6 Å². The Labute approximate surface area is 93.3 Å². The Morgan fingerprint density at radius 2 is 2.07 bits per heavy atom. The van der Waals surface area contributed by atoms with Gasteiger partial charge in [-0.1, -0.05) is 18.9 Å². The molecule has 0 unspecified atom stereocenters. The zero-order valence-electron chi connectivity index (χ0n) is 8.39. The van der Waals surface area contributed by atoms with E-state index < -0.39 is 0 Å². The van der Waals surface area contributed by atoms with E-state index in [9.17, 15) is 0 Å². The zero-order valence-corrected chi connectivity index (χ0v) is 9.97. The molecule has 0 amide bonds. The van der Waals surface area contributed by atoms with E-state index in [0.717, 1.165) is 10.4 Å². The molecular weight excluding hydrogens is 240 g/mol. The Bertz CT molecular complexity index is 319. The van der Waals surface area contributed by atoms with Gasteiger partial charge in [0.2, 0.25) is 0 Å².